The Morgan fingerprint density at radius 2 is 1.76 bits per heavy atom. The van der Waals surface area contributed by atoms with Crippen molar-refractivity contribution in [3.63, 3.8) is 0 Å². The first-order valence-electron chi connectivity index (χ1n) is 5.05. The van der Waals surface area contributed by atoms with E-state index in [9.17, 15) is 4.79 Å². The molecule has 0 amide bonds. The molecule has 0 aliphatic rings. The second kappa shape index (κ2) is 4.95. The molecule has 0 saturated carbocycles. The van der Waals surface area contributed by atoms with Crippen LogP contribution in [0.15, 0.2) is 48.5 Å². The van der Waals surface area contributed by atoms with Crippen molar-refractivity contribution < 1.29 is 9.53 Å². The van der Waals surface area contributed by atoms with Gasteiger partial charge >= 0.3 is 0 Å². The summed E-state index contributed by atoms with van der Waals surface area (Å²) in [6, 6.07) is 15.8. The predicted octanol–water partition coefficient (Wildman–Crippen LogP) is 3.16. The third kappa shape index (κ3) is 2.50. The maximum atomic E-state index is 10.5. The molecule has 82 valence electrons. The van der Waals surface area contributed by atoms with E-state index < -0.39 is 0 Å². The Kier molecular flexibility index (Phi) is 3.18. The van der Waals surface area contributed by atoms with Crippen LogP contribution in [-0.2, 0) is 0 Å². The van der Waals surface area contributed by atoms with Crippen LogP contribution in [0.5, 0.6) is 11.5 Å². The summed E-state index contributed by atoms with van der Waals surface area (Å²) in [6.07, 6.45) is 0.771. The Hall–Kier alpha value is -2.60. The minimum absolute atomic E-state index is 0.479. The van der Waals surface area contributed by atoms with Gasteiger partial charge in [0.1, 0.15) is 23.9 Å². The summed E-state index contributed by atoms with van der Waals surface area (Å²) in [6.45, 7) is 0. The first-order valence-corrected chi connectivity index (χ1v) is 5.05. The number of carbonyl (C=O) groups excluding carboxylic acids is 1. The maximum absolute atomic E-state index is 10.5. The van der Waals surface area contributed by atoms with Crippen molar-refractivity contribution in [1.82, 2.24) is 0 Å². The predicted molar refractivity (Wildman–Crippen MR) is 63.1 cm³/mol. The fourth-order valence-corrected chi connectivity index (χ4v) is 1.39. The van der Waals surface area contributed by atoms with Crippen LogP contribution in [0.1, 0.15) is 15.9 Å². The van der Waals surface area contributed by atoms with Crippen molar-refractivity contribution in [3.8, 4) is 17.6 Å². The van der Waals surface area contributed by atoms with Crippen molar-refractivity contribution in [1.29, 1.82) is 5.26 Å². The van der Waals surface area contributed by atoms with Crippen LogP contribution in [-0.4, -0.2) is 6.29 Å². The van der Waals surface area contributed by atoms with Crippen LogP contribution in [0, 0.1) is 11.3 Å². The fourth-order valence-electron chi connectivity index (χ4n) is 1.39. The molecular weight excluding hydrogens is 214 g/mol. The number of nitriles is 1. The number of benzene rings is 2. The smallest absolute Gasteiger partial charge is 0.150 e. The molecule has 0 radical (unpaired) electrons. The van der Waals surface area contributed by atoms with Crippen LogP contribution < -0.4 is 4.74 Å². The van der Waals surface area contributed by atoms with Crippen LogP contribution in [0.4, 0.5) is 0 Å². The molecule has 0 atom stereocenters. The van der Waals surface area contributed by atoms with Gasteiger partial charge in [-0.2, -0.15) is 5.26 Å². The quantitative estimate of drug-likeness (QED) is 0.751. The van der Waals surface area contributed by atoms with Gasteiger partial charge in [0.2, 0.25) is 0 Å². The maximum Gasteiger partial charge on any atom is 0.150 e. The van der Waals surface area contributed by atoms with Gasteiger partial charge in [-0.3, -0.25) is 4.79 Å². The van der Waals surface area contributed by atoms with E-state index in [-0.39, 0.29) is 0 Å². The lowest BCUT2D eigenvalue weighted by Gasteiger charge is -2.06. The number of nitrogens with zero attached hydrogens (tertiary/aromatic N) is 1. The standard InChI is InChI=1S/C14H9NO2/c15-9-12-3-1-2-4-14(12)17-13-7-5-11(10-16)6-8-13/h1-8,10H. The number of ether oxygens (including phenoxy) is 1. The Balaban J connectivity index is 2.25. The van der Waals surface area contributed by atoms with Crippen LogP contribution in [0.3, 0.4) is 0 Å². The molecule has 3 heteroatoms. The molecule has 0 fully saturated rings. The molecular formula is C14H9NO2. The van der Waals surface area contributed by atoms with Crippen LogP contribution >= 0.6 is 0 Å². The number of hydrogen-bond acceptors (Lipinski definition) is 3. The summed E-state index contributed by atoms with van der Waals surface area (Å²) in [5.74, 6) is 1.10. The monoisotopic (exact) mass is 223 g/mol. The second-order valence-corrected chi connectivity index (χ2v) is 3.40. The lowest BCUT2D eigenvalue weighted by molar-refractivity contribution is 0.112. The third-order valence-electron chi connectivity index (χ3n) is 2.25. The molecule has 2 aromatic carbocycles. The summed E-state index contributed by atoms with van der Waals surface area (Å²) in [5.41, 5.74) is 1.07. The van der Waals surface area contributed by atoms with Crippen molar-refractivity contribution in [2.75, 3.05) is 0 Å². The number of carbonyl (C=O) groups is 1. The topological polar surface area (TPSA) is 50.1 Å². The van der Waals surface area contributed by atoms with E-state index in [1.54, 1.807) is 48.5 Å². The Labute approximate surface area is 98.9 Å². The SMILES string of the molecule is N#Cc1ccccc1Oc1ccc(C=O)cc1. The van der Waals surface area contributed by atoms with Crippen LogP contribution in [0.2, 0.25) is 0 Å². The first kappa shape index (κ1) is 10.9. The van der Waals surface area contributed by atoms with Gasteiger partial charge in [-0.05, 0) is 36.4 Å². The highest BCUT2D eigenvalue weighted by Gasteiger charge is 2.03. The Morgan fingerprint density at radius 3 is 2.41 bits per heavy atom. The van der Waals surface area contributed by atoms with E-state index >= 15 is 0 Å². The molecule has 0 saturated heterocycles. The molecule has 0 N–H and O–H groups in total. The zero-order valence-corrected chi connectivity index (χ0v) is 8.96. The lowest BCUT2D eigenvalue weighted by atomic mass is 10.2. The molecule has 0 bridgehead atoms. The Bertz CT molecular complexity index is 568. The third-order valence-corrected chi connectivity index (χ3v) is 2.25. The van der Waals surface area contributed by atoms with Gasteiger partial charge < -0.3 is 4.74 Å². The van der Waals surface area contributed by atoms with E-state index in [1.165, 1.54) is 0 Å². The molecule has 0 aliphatic carbocycles. The van der Waals surface area contributed by atoms with Crippen molar-refractivity contribution in [2.45, 2.75) is 0 Å². The average Bonchev–Trinajstić information content (AvgIpc) is 2.40. The van der Waals surface area contributed by atoms with Gasteiger partial charge in [-0.15, -0.1) is 0 Å². The number of para-hydroxylation sites is 1. The van der Waals surface area contributed by atoms with E-state index in [0.29, 0.717) is 22.6 Å². The normalized spacial score (nSPS) is 9.35. The number of hydrogen-bond donors (Lipinski definition) is 0. The van der Waals surface area contributed by atoms with Gasteiger partial charge in [-0.1, -0.05) is 12.1 Å². The van der Waals surface area contributed by atoms with Gasteiger partial charge in [0.25, 0.3) is 0 Å². The number of aldehydes is 1. The molecule has 2 rings (SSSR count). The van der Waals surface area contributed by atoms with E-state index in [4.69, 9.17) is 10.00 Å². The summed E-state index contributed by atoms with van der Waals surface area (Å²) < 4.78 is 5.56. The summed E-state index contributed by atoms with van der Waals surface area (Å²) in [7, 11) is 0. The van der Waals surface area contributed by atoms with Gasteiger partial charge in [0.05, 0.1) is 5.56 Å². The van der Waals surface area contributed by atoms with E-state index in [2.05, 4.69) is 6.07 Å². The highest BCUT2D eigenvalue weighted by atomic mass is 16.5. The van der Waals surface area contributed by atoms with Crippen molar-refractivity contribution >= 4 is 6.29 Å². The first-order chi connectivity index (χ1) is 8.33. The van der Waals surface area contributed by atoms with Crippen LogP contribution in [0.25, 0.3) is 0 Å². The summed E-state index contributed by atoms with van der Waals surface area (Å²) in [4.78, 5) is 10.5. The fraction of sp³-hybridized carbons (Fsp3) is 0. The molecule has 0 aromatic heterocycles. The van der Waals surface area contributed by atoms with Gasteiger partial charge in [-0.25, -0.2) is 0 Å². The molecule has 0 spiro atoms. The molecule has 17 heavy (non-hydrogen) atoms. The van der Waals surface area contributed by atoms with Gasteiger partial charge in [0, 0.05) is 5.56 Å². The second-order valence-electron chi connectivity index (χ2n) is 3.40. The summed E-state index contributed by atoms with van der Waals surface area (Å²) in [5, 5.41) is 8.90. The lowest BCUT2D eigenvalue weighted by Crippen LogP contribution is -1.88. The average molecular weight is 223 g/mol. The van der Waals surface area contributed by atoms with Gasteiger partial charge in [0.15, 0.2) is 0 Å². The molecule has 0 aliphatic heterocycles. The largest absolute Gasteiger partial charge is 0.456 e. The number of rotatable bonds is 3. The highest BCUT2D eigenvalue weighted by molar-refractivity contribution is 5.74. The molecule has 0 heterocycles. The Morgan fingerprint density at radius 1 is 1.06 bits per heavy atom. The highest BCUT2D eigenvalue weighted by Crippen LogP contribution is 2.24. The molecule has 0 unspecified atom stereocenters. The zero-order chi connectivity index (χ0) is 12.1. The van der Waals surface area contributed by atoms with E-state index in [1.807, 2.05) is 0 Å². The van der Waals surface area contributed by atoms with Crippen molar-refractivity contribution in [2.24, 2.45) is 0 Å². The summed E-state index contributed by atoms with van der Waals surface area (Å²) >= 11 is 0. The van der Waals surface area contributed by atoms with E-state index in [0.717, 1.165) is 6.29 Å². The van der Waals surface area contributed by atoms with Crippen molar-refractivity contribution in [3.05, 3.63) is 59.7 Å². The molecule has 3 nitrogen and oxygen atoms in total. The minimum atomic E-state index is 0.479. The zero-order valence-electron chi connectivity index (χ0n) is 8.96. The molecule has 2 aromatic rings. The minimum Gasteiger partial charge on any atom is -0.456 e.